The van der Waals surface area contributed by atoms with E-state index in [1.807, 2.05) is 12.1 Å². The van der Waals surface area contributed by atoms with Crippen LogP contribution in [0, 0.1) is 5.82 Å². The number of fused-ring (bicyclic) bond motifs is 2. The Bertz CT molecular complexity index is 2420. The van der Waals surface area contributed by atoms with Crippen molar-refractivity contribution in [3.8, 4) is 21.9 Å². The van der Waals surface area contributed by atoms with Gasteiger partial charge in [0.05, 0.1) is 45.9 Å². The van der Waals surface area contributed by atoms with E-state index in [0.29, 0.717) is 70.2 Å². The lowest BCUT2D eigenvalue weighted by atomic mass is 9.91. The number of alkyl halides is 3. The van der Waals surface area contributed by atoms with Gasteiger partial charge in [0, 0.05) is 22.3 Å². The minimum absolute atomic E-state index is 0.0599. The van der Waals surface area contributed by atoms with E-state index >= 15 is 0 Å². The van der Waals surface area contributed by atoms with Crippen molar-refractivity contribution in [3.05, 3.63) is 111 Å². The molecule has 1 aliphatic heterocycles. The number of H-pyrrole nitrogens is 1. The minimum Gasteiger partial charge on any atom is -0.462 e. The molecule has 6 heterocycles. The van der Waals surface area contributed by atoms with Crippen LogP contribution in [0.1, 0.15) is 82.5 Å². The molecule has 0 amide bonds. The molecule has 8 rings (SSSR count). The summed E-state index contributed by atoms with van der Waals surface area (Å²) in [6, 6.07) is 11.8. The van der Waals surface area contributed by atoms with E-state index in [2.05, 4.69) is 30.8 Å². The molecular formula is C38H33F4N7O4S. The minimum atomic E-state index is -4.54. The largest absolute Gasteiger partial charge is 0.462 e. The number of pyridine rings is 3. The molecule has 5 aromatic heterocycles. The highest BCUT2D eigenvalue weighted by Gasteiger charge is 2.36. The standard InChI is InChI=1S/C38H33F4N7O4S/c1-2-52-36(50)31-30(27-18-20-15-17-44-34(33(20)54-27)47-24-13-12-23-22(24)10-14-28(45-23)38(40,41)42)29(35-48-49-37(51)53-35)25(46-32(31)26-4-3-16-43-26)11-7-19-5-8-21(39)9-6-19/h5-6,8-10,14-15,17-18,24,26,43H,2-4,7,11-13,16H2,1H3,(H,44,47)(H,49,51)/t24-,26+/m1/s1. The van der Waals surface area contributed by atoms with Crippen LogP contribution in [0.15, 0.2) is 63.9 Å². The fourth-order valence-electron chi connectivity index (χ4n) is 7.27. The number of hydrogen-bond acceptors (Lipinski definition) is 11. The van der Waals surface area contributed by atoms with Crippen LogP contribution < -0.4 is 16.4 Å². The van der Waals surface area contributed by atoms with E-state index in [-0.39, 0.29) is 36.0 Å². The molecule has 0 saturated carbocycles. The highest BCUT2D eigenvalue weighted by Crippen LogP contribution is 2.47. The van der Waals surface area contributed by atoms with Gasteiger partial charge in [-0.3, -0.25) is 4.98 Å². The first-order valence-electron chi connectivity index (χ1n) is 17.6. The Morgan fingerprint density at radius 1 is 1.07 bits per heavy atom. The molecule has 1 aromatic carbocycles. The zero-order chi connectivity index (χ0) is 37.6. The maximum Gasteiger partial charge on any atom is 0.434 e. The lowest BCUT2D eigenvalue weighted by Crippen LogP contribution is -2.22. The number of benzene rings is 1. The van der Waals surface area contributed by atoms with Crippen molar-refractivity contribution in [1.82, 2.24) is 30.5 Å². The number of ether oxygens (including phenoxy) is 1. The number of hydrogen-bond donors (Lipinski definition) is 3. The average Bonchev–Trinajstić information content (AvgIpc) is 3.98. The number of carbonyl (C=O) groups excluding carboxylic acids is 1. The van der Waals surface area contributed by atoms with Crippen LogP contribution in [0.2, 0.25) is 0 Å². The molecule has 0 radical (unpaired) electrons. The third-order valence-corrected chi connectivity index (χ3v) is 10.9. The predicted molar refractivity (Wildman–Crippen MR) is 193 cm³/mol. The Balaban J connectivity index is 1.29. The van der Waals surface area contributed by atoms with E-state index < -0.39 is 23.6 Å². The summed E-state index contributed by atoms with van der Waals surface area (Å²) in [6.07, 6.45) is 0.369. The third kappa shape index (κ3) is 6.86. The Labute approximate surface area is 309 Å². The number of nitrogens with zero attached hydrogens (tertiary/aromatic N) is 4. The molecule has 278 valence electrons. The summed E-state index contributed by atoms with van der Waals surface area (Å²) in [5, 5.41) is 14.2. The Morgan fingerprint density at radius 3 is 2.63 bits per heavy atom. The highest BCUT2D eigenvalue weighted by atomic mass is 32.1. The molecule has 1 saturated heterocycles. The zero-order valence-electron chi connectivity index (χ0n) is 28.8. The number of aromatic nitrogens is 5. The van der Waals surface area contributed by atoms with Gasteiger partial charge in [-0.25, -0.2) is 29.0 Å². The first-order chi connectivity index (χ1) is 26.1. The number of anilines is 1. The van der Waals surface area contributed by atoms with Gasteiger partial charge in [0.25, 0.3) is 5.89 Å². The van der Waals surface area contributed by atoms with Gasteiger partial charge in [-0.1, -0.05) is 18.2 Å². The van der Waals surface area contributed by atoms with Crippen LogP contribution in [0.5, 0.6) is 0 Å². The van der Waals surface area contributed by atoms with Crippen molar-refractivity contribution in [2.75, 3.05) is 18.5 Å². The lowest BCUT2D eigenvalue weighted by Gasteiger charge is -2.22. The monoisotopic (exact) mass is 759 g/mol. The molecule has 1 fully saturated rings. The number of halogens is 4. The van der Waals surface area contributed by atoms with Crippen LogP contribution in [-0.2, 0) is 30.2 Å². The van der Waals surface area contributed by atoms with E-state index in [0.717, 1.165) is 41.1 Å². The van der Waals surface area contributed by atoms with Gasteiger partial charge in [0.2, 0.25) is 0 Å². The molecule has 0 bridgehead atoms. The van der Waals surface area contributed by atoms with Crippen molar-refractivity contribution >= 4 is 33.2 Å². The van der Waals surface area contributed by atoms with Crippen LogP contribution in [0.3, 0.4) is 0 Å². The Hall–Kier alpha value is -5.48. The highest BCUT2D eigenvalue weighted by molar-refractivity contribution is 7.23. The topological polar surface area (TPSA) is 148 Å². The van der Waals surface area contributed by atoms with Crippen LogP contribution in [0.4, 0.5) is 23.4 Å². The second kappa shape index (κ2) is 14.4. The molecule has 2 atom stereocenters. The normalized spacial score (nSPS) is 16.9. The predicted octanol–water partition coefficient (Wildman–Crippen LogP) is 7.74. The summed E-state index contributed by atoms with van der Waals surface area (Å²) in [5.41, 5.74) is 2.99. The first-order valence-corrected chi connectivity index (χ1v) is 18.4. The van der Waals surface area contributed by atoms with Gasteiger partial charge < -0.3 is 19.8 Å². The van der Waals surface area contributed by atoms with Crippen molar-refractivity contribution in [1.29, 1.82) is 0 Å². The SMILES string of the molecule is CCOC(=O)c1c([C@@H]2CCCN2)nc(CCc2ccc(F)cc2)c(-c2n[nH]c(=O)o2)c1-c1cc2ccnc(N[C@@H]3CCc4nc(C(F)(F)F)ccc43)c2s1. The third-order valence-electron chi connectivity index (χ3n) is 9.72. The molecule has 3 N–H and O–H groups in total. The zero-order valence-corrected chi connectivity index (χ0v) is 29.7. The van der Waals surface area contributed by atoms with E-state index in [1.54, 1.807) is 25.3 Å². The van der Waals surface area contributed by atoms with Crippen molar-refractivity contribution in [2.45, 2.75) is 63.7 Å². The molecule has 0 unspecified atom stereocenters. The van der Waals surface area contributed by atoms with E-state index in [9.17, 15) is 27.2 Å². The molecule has 1 aliphatic carbocycles. The number of thiophene rings is 1. The van der Waals surface area contributed by atoms with Gasteiger partial charge in [-0.05, 0) is 98.8 Å². The van der Waals surface area contributed by atoms with Gasteiger partial charge in [-0.15, -0.1) is 16.4 Å². The van der Waals surface area contributed by atoms with Crippen molar-refractivity contribution < 1.29 is 31.5 Å². The summed E-state index contributed by atoms with van der Waals surface area (Å²) in [7, 11) is 0. The average molecular weight is 760 g/mol. The number of aryl methyl sites for hydroxylation is 3. The summed E-state index contributed by atoms with van der Waals surface area (Å²) >= 11 is 1.34. The molecule has 2 aliphatic rings. The van der Waals surface area contributed by atoms with Crippen LogP contribution in [0.25, 0.3) is 32.0 Å². The molecule has 11 nitrogen and oxygen atoms in total. The lowest BCUT2D eigenvalue weighted by molar-refractivity contribution is -0.141. The van der Waals surface area contributed by atoms with E-state index in [1.165, 1.54) is 29.5 Å². The number of rotatable bonds is 10. The molecule has 0 spiro atoms. The Kier molecular flexibility index (Phi) is 9.48. The van der Waals surface area contributed by atoms with Crippen LogP contribution in [-0.4, -0.2) is 44.3 Å². The van der Waals surface area contributed by atoms with Gasteiger partial charge in [0.1, 0.15) is 17.3 Å². The van der Waals surface area contributed by atoms with Gasteiger partial charge >= 0.3 is 17.9 Å². The number of esters is 1. The second-order valence-corrected chi connectivity index (χ2v) is 14.2. The van der Waals surface area contributed by atoms with E-state index in [4.69, 9.17) is 14.1 Å². The van der Waals surface area contributed by atoms with Gasteiger partial charge in [0.15, 0.2) is 0 Å². The maximum absolute atomic E-state index is 14.1. The fraction of sp³-hybridized carbons (Fsp3) is 0.316. The van der Waals surface area contributed by atoms with Crippen LogP contribution >= 0.6 is 11.3 Å². The van der Waals surface area contributed by atoms with Crippen molar-refractivity contribution in [2.24, 2.45) is 0 Å². The van der Waals surface area contributed by atoms with Crippen molar-refractivity contribution in [3.63, 3.8) is 0 Å². The number of aromatic amines is 1. The fourth-order valence-corrected chi connectivity index (χ4v) is 8.44. The number of nitrogens with one attached hydrogen (secondary N) is 3. The molecule has 6 aromatic rings. The maximum atomic E-state index is 14.1. The molecular weight excluding hydrogens is 727 g/mol. The molecule has 54 heavy (non-hydrogen) atoms. The smallest absolute Gasteiger partial charge is 0.434 e. The summed E-state index contributed by atoms with van der Waals surface area (Å²) < 4.78 is 65.9. The summed E-state index contributed by atoms with van der Waals surface area (Å²) in [4.78, 5) is 40.8. The van der Waals surface area contributed by atoms with Gasteiger partial charge in [-0.2, -0.15) is 13.2 Å². The molecule has 16 heteroatoms. The summed E-state index contributed by atoms with van der Waals surface area (Å²) in [6.45, 7) is 2.54. The first kappa shape index (κ1) is 35.5. The Morgan fingerprint density at radius 2 is 1.91 bits per heavy atom. The quantitative estimate of drug-likeness (QED) is 0.0936. The second-order valence-electron chi connectivity index (χ2n) is 13.1. The summed E-state index contributed by atoms with van der Waals surface area (Å²) in [5.74, 6) is -1.30. The number of carbonyl (C=O) groups is 1.